The van der Waals surface area contributed by atoms with Crippen LogP contribution in [0.4, 0.5) is 4.39 Å². The van der Waals surface area contributed by atoms with E-state index in [9.17, 15) is 9.18 Å². The lowest BCUT2D eigenvalue weighted by molar-refractivity contribution is -0.144. The second-order valence-electron chi connectivity index (χ2n) is 8.57. The number of hydrogen-bond donors (Lipinski definition) is 0. The first-order valence-electron chi connectivity index (χ1n) is 10.4. The number of ether oxygens (including phenoxy) is 1. The van der Waals surface area contributed by atoms with Crippen LogP contribution in [-0.2, 0) is 22.0 Å². The Kier molecular flexibility index (Phi) is 5.62. The van der Waals surface area contributed by atoms with Crippen molar-refractivity contribution in [3.8, 4) is 11.1 Å². The third kappa shape index (κ3) is 4.37. The molecule has 2 aromatic heterocycles. The highest BCUT2D eigenvalue weighted by Crippen LogP contribution is 2.31. The van der Waals surface area contributed by atoms with Gasteiger partial charge in [-0.1, -0.05) is 12.1 Å². The van der Waals surface area contributed by atoms with Crippen molar-refractivity contribution < 1.29 is 13.9 Å². The Bertz CT molecular complexity index is 1110. The van der Waals surface area contributed by atoms with Crippen LogP contribution < -0.4 is 0 Å². The van der Waals surface area contributed by atoms with Crippen LogP contribution in [-0.4, -0.2) is 45.3 Å². The average molecular weight is 423 g/mol. The van der Waals surface area contributed by atoms with Crippen molar-refractivity contribution in [2.24, 2.45) is 7.05 Å². The van der Waals surface area contributed by atoms with E-state index < -0.39 is 5.41 Å². The predicted molar refractivity (Wildman–Crippen MR) is 116 cm³/mol. The zero-order chi connectivity index (χ0) is 22.2. The molecule has 6 nitrogen and oxygen atoms in total. The number of carbonyl (C=O) groups excluding carboxylic acids is 1. The van der Waals surface area contributed by atoms with Crippen molar-refractivity contribution >= 4 is 5.91 Å². The Morgan fingerprint density at radius 3 is 2.74 bits per heavy atom. The fourth-order valence-corrected chi connectivity index (χ4v) is 4.00. The van der Waals surface area contributed by atoms with Gasteiger partial charge in [0.1, 0.15) is 11.9 Å². The van der Waals surface area contributed by atoms with Crippen LogP contribution in [0.25, 0.3) is 11.1 Å². The van der Waals surface area contributed by atoms with Crippen LogP contribution in [0.2, 0.25) is 0 Å². The summed E-state index contributed by atoms with van der Waals surface area (Å²) in [6, 6.07) is 10.3. The summed E-state index contributed by atoms with van der Waals surface area (Å²) in [6.07, 6.45) is 3.45. The maximum Gasteiger partial charge on any atom is 0.232 e. The molecule has 0 saturated carbocycles. The van der Waals surface area contributed by atoms with E-state index in [1.807, 2.05) is 52.3 Å². The van der Waals surface area contributed by atoms with Crippen molar-refractivity contribution in [3.63, 3.8) is 0 Å². The molecule has 31 heavy (non-hydrogen) atoms. The number of nitrogens with zero attached hydrogens (tertiary/aromatic N) is 4. The first kappa shape index (κ1) is 21.2. The molecule has 1 saturated heterocycles. The number of halogens is 1. The smallest absolute Gasteiger partial charge is 0.232 e. The molecule has 3 aromatic rings. The normalized spacial score (nSPS) is 17.1. The van der Waals surface area contributed by atoms with Crippen molar-refractivity contribution in [1.82, 2.24) is 19.7 Å². The lowest BCUT2D eigenvalue weighted by Crippen LogP contribution is -2.49. The molecule has 4 rings (SSSR count). The summed E-state index contributed by atoms with van der Waals surface area (Å²) in [5, 5.41) is 4.25. The quantitative estimate of drug-likeness (QED) is 0.642. The van der Waals surface area contributed by atoms with Crippen LogP contribution in [0.5, 0.6) is 0 Å². The number of pyridine rings is 1. The minimum absolute atomic E-state index is 0.0495. The maximum absolute atomic E-state index is 13.7. The van der Waals surface area contributed by atoms with Crippen LogP contribution in [0.1, 0.15) is 36.9 Å². The molecule has 162 valence electrons. The molecule has 1 aliphatic heterocycles. The highest BCUT2D eigenvalue weighted by Gasteiger charge is 2.37. The van der Waals surface area contributed by atoms with Crippen molar-refractivity contribution in [2.45, 2.75) is 32.3 Å². The predicted octanol–water partition coefficient (Wildman–Crippen LogP) is 3.81. The van der Waals surface area contributed by atoms with Crippen molar-refractivity contribution in [3.05, 3.63) is 71.6 Å². The maximum atomic E-state index is 13.7. The Balaban J connectivity index is 1.57. The van der Waals surface area contributed by atoms with Gasteiger partial charge in [-0.2, -0.15) is 5.10 Å². The van der Waals surface area contributed by atoms with Crippen molar-refractivity contribution in [2.75, 3.05) is 19.7 Å². The number of morpholine rings is 1. The minimum atomic E-state index is -0.842. The number of hydrogen-bond acceptors (Lipinski definition) is 4. The summed E-state index contributed by atoms with van der Waals surface area (Å²) < 4.78 is 21.5. The van der Waals surface area contributed by atoms with Gasteiger partial charge in [-0.05, 0) is 56.2 Å². The van der Waals surface area contributed by atoms with E-state index in [0.717, 1.165) is 22.5 Å². The number of carbonyl (C=O) groups is 1. The Labute approximate surface area is 181 Å². The molecule has 0 radical (unpaired) electrons. The number of rotatable bonds is 4. The highest BCUT2D eigenvalue weighted by atomic mass is 19.1. The minimum Gasteiger partial charge on any atom is -0.368 e. The second-order valence-corrected chi connectivity index (χ2v) is 8.57. The highest BCUT2D eigenvalue weighted by molar-refractivity contribution is 5.87. The molecule has 1 amide bonds. The molecule has 0 bridgehead atoms. The third-order valence-corrected chi connectivity index (χ3v) is 5.78. The molecule has 3 heterocycles. The van der Waals surface area contributed by atoms with Crippen LogP contribution in [0.15, 0.2) is 48.8 Å². The Morgan fingerprint density at radius 1 is 1.23 bits per heavy atom. The number of benzene rings is 1. The Hall–Kier alpha value is -3.06. The molecule has 1 fully saturated rings. The van der Waals surface area contributed by atoms with Gasteiger partial charge < -0.3 is 9.64 Å². The van der Waals surface area contributed by atoms with Gasteiger partial charge in [0, 0.05) is 31.0 Å². The topological polar surface area (TPSA) is 60.2 Å². The monoisotopic (exact) mass is 422 g/mol. The molecule has 1 aliphatic rings. The molecule has 0 unspecified atom stereocenters. The first-order valence-corrected chi connectivity index (χ1v) is 10.4. The number of aryl methyl sites for hydroxylation is 2. The van der Waals surface area contributed by atoms with E-state index in [-0.39, 0.29) is 17.8 Å². The van der Waals surface area contributed by atoms with Gasteiger partial charge in [-0.25, -0.2) is 4.39 Å². The first-order chi connectivity index (χ1) is 14.7. The van der Waals surface area contributed by atoms with E-state index in [4.69, 9.17) is 4.74 Å². The zero-order valence-electron chi connectivity index (χ0n) is 18.3. The zero-order valence-corrected chi connectivity index (χ0v) is 18.3. The molecule has 0 aliphatic carbocycles. The standard InChI is InChI=1S/C24H27FN4O2/c1-16-10-17(18-13-26-28(4)14-18)11-21(27-16)22-15-29(8-9-31-22)23(30)24(2,3)19-6-5-7-20(25)12-19/h5-7,10-14,22H,8-9,15H2,1-4H3/t22-/m1/s1. The third-order valence-electron chi connectivity index (χ3n) is 5.78. The van der Waals surface area contributed by atoms with Gasteiger partial charge in [0.15, 0.2) is 0 Å². The van der Waals surface area contributed by atoms with Gasteiger partial charge in [0.05, 0.1) is 30.5 Å². The lowest BCUT2D eigenvalue weighted by Gasteiger charge is -2.37. The molecule has 0 N–H and O–H groups in total. The summed E-state index contributed by atoms with van der Waals surface area (Å²) in [5.74, 6) is -0.392. The van der Waals surface area contributed by atoms with E-state index in [1.54, 1.807) is 21.7 Å². The summed E-state index contributed by atoms with van der Waals surface area (Å²) in [5.41, 5.74) is 3.51. The van der Waals surface area contributed by atoms with Crippen LogP contribution >= 0.6 is 0 Å². The van der Waals surface area contributed by atoms with Crippen LogP contribution in [0.3, 0.4) is 0 Å². The van der Waals surface area contributed by atoms with Gasteiger partial charge >= 0.3 is 0 Å². The van der Waals surface area contributed by atoms with Gasteiger partial charge in [-0.3, -0.25) is 14.5 Å². The van der Waals surface area contributed by atoms with Gasteiger partial charge in [0.2, 0.25) is 5.91 Å². The van der Waals surface area contributed by atoms with E-state index in [1.165, 1.54) is 12.1 Å². The van der Waals surface area contributed by atoms with E-state index >= 15 is 0 Å². The number of amides is 1. The van der Waals surface area contributed by atoms with Gasteiger partial charge in [0.25, 0.3) is 0 Å². The second kappa shape index (κ2) is 8.23. The molecule has 0 spiro atoms. The SMILES string of the molecule is Cc1cc(-c2cnn(C)c2)cc([C@H]2CN(C(=O)C(C)(C)c3cccc(F)c3)CCO2)n1. The Morgan fingerprint density at radius 2 is 2.03 bits per heavy atom. The lowest BCUT2D eigenvalue weighted by atomic mass is 9.83. The summed E-state index contributed by atoms with van der Waals surface area (Å²) >= 11 is 0. The van der Waals surface area contributed by atoms with E-state index in [0.29, 0.717) is 25.3 Å². The fraction of sp³-hybridized carbons (Fsp3) is 0.375. The molecular formula is C24H27FN4O2. The molecule has 1 aromatic carbocycles. The average Bonchev–Trinajstić information content (AvgIpc) is 3.19. The largest absolute Gasteiger partial charge is 0.368 e. The van der Waals surface area contributed by atoms with Crippen LogP contribution in [0, 0.1) is 12.7 Å². The van der Waals surface area contributed by atoms with Gasteiger partial charge in [-0.15, -0.1) is 0 Å². The molecule has 1 atom stereocenters. The van der Waals surface area contributed by atoms with E-state index in [2.05, 4.69) is 10.1 Å². The summed E-state index contributed by atoms with van der Waals surface area (Å²) in [7, 11) is 1.88. The molecular weight excluding hydrogens is 395 g/mol. The summed E-state index contributed by atoms with van der Waals surface area (Å²) in [6.45, 7) is 6.94. The number of aromatic nitrogens is 3. The molecule has 7 heteroatoms. The van der Waals surface area contributed by atoms with Crippen molar-refractivity contribution in [1.29, 1.82) is 0 Å². The summed E-state index contributed by atoms with van der Waals surface area (Å²) in [4.78, 5) is 19.9. The fourth-order valence-electron chi connectivity index (χ4n) is 4.00.